The van der Waals surface area contributed by atoms with Gasteiger partial charge in [-0.25, -0.2) is 0 Å². The van der Waals surface area contributed by atoms with Gasteiger partial charge in [0.05, 0.1) is 12.8 Å². The largest absolute Gasteiger partial charge is 0.481 e. The first-order valence-corrected chi connectivity index (χ1v) is 6.73. The van der Waals surface area contributed by atoms with Gasteiger partial charge in [0.1, 0.15) is 0 Å². The van der Waals surface area contributed by atoms with Gasteiger partial charge in [-0.1, -0.05) is 19.3 Å². The maximum atomic E-state index is 12.3. The quantitative estimate of drug-likeness (QED) is 0.728. The molecule has 6 nitrogen and oxygen atoms in total. The molecule has 1 aliphatic carbocycles. The fourth-order valence-electron chi connectivity index (χ4n) is 2.40. The molecule has 2 N–H and O–H groups in total. The number of hydrogen-bond donors (Lipinski definition) is 2. The third-order valence-electron chi connectivity index (χ3n) is 3.46. The molecule has 1 saturated carbocycles. The smallest absolute Gasteiger partial charge is 0.305 e. The van der Waals surface area contributed by atoms with Gasteiger partial charge in [0.2, 0.25) is 5.91 Å². The van der Waals surface area contributed by atoms with Crippen molar-refractivity contribution in [2.24, 2.45) is 5.92 Å². The third-order valence-corrected chi connectivity index (χ3v) is 3.46. The number of carboxylic acids is 2. The summed E-state index contributed by atoms with van der Waals surface area (Å²) in [7, 11) is 0. The topological polar surface area (TPSA) is 94.9 Å². The minimum absolute atomic E-state index is 0.0589. The molecule has 0 radical (unpaired) electrons. The van der Waals surface area contributed by atoms with Gasteiger partial charge in [-0.05, 0) is 12.8 Å². The number of carboxylic acid groups (broad SMARTS) is 2. The molecule has 1 rings (SSSR count). The Morgan fingerprint density at radius 1 is 0.895 bits per heavy atom. The number of carbonyl (C=O) groups is 3. The molecule has 0 atom stereocenters. The highest BCUT2D eigenvalue weighted by atomic mass is 16.4. The molecule has 0 aromatic carbocycles. The summed E-state index contributed by atoms with van der Waals surface area (Å²) in [6.45, 7) is 0.190. The standard InChI is InChI=1S/C13H21NO5/c15-11(16)6-8-14(9-7-12(17)18)13(19)10-4-2-1-3-5-10/h10H,1-9H2,(H,15,16)(H,17,18). The number of nitrogens with zero attached hydrogens (tertiary/aromatic N) is 1. The van der Waals surface area contributed by atoms with Crippen LogP contribution >= 0.6 is 0 Å². The molecule has 6 heteroatoms. The van der Waals surface area contributed by atoms with Gasteiger partial charge >= 0.3 is 11.9 Å². The van der Waals surface area contributed by atoms with Crippen molar-refractivity contribution in [2.45, 2.75) is 44.9 Å². The molecule has 0 spiro atoms. The summed E-state index contributed by atoms with van der Waals surface area (Å²) in [6, 6.07) is 0. The van der Waals surface area contributed by atoms with Crippen LogP contribution in [0.2, 0.25) is 0 Å². The van der Waals surface area contributed by atoms with Gasteiger partial charge in [-0.3, -0.25) is 14.4 Å². The van der Waals surface area contributed by atoms with Gasteiger partial charge in [0.15, 0.2) is 0 Å². The van der Waals surface area contributed by atoms with Crippen LogP contribution < -0.4 is 0 Å². The molecule has 0 bridgehead atoms. The third kappa shape index (κ3) is 5.72. The van der Waals surface area contributed by atoms with E-state index in [1.165, 1.54) is 4.90 Å². The van der Waals surface area contributed by atoms with Gasteiger partial charge in [0, 0.05) is 19.0 Å². The highest BCUT2D eigenvalue weighted by Crippen LogP contribution is 2.25. The summed E-state index contributed by atoms with van der Waals surface area (Å²) < 4.78 is 0. The van der Waals surface area contributed by atoms with Crippen LogP contribution in [0.15, 0.2) is 0 Å². The van der Waals surface area contributed by atoms with Crippen molar-refractivity contribution in [3.05, 3.63) is 0 Å². The van der Waals surface area contributed by atoms with E-state index in [2.05, 4.69) is 0 Å². The second kappa shape index (κ2) is 7.76. The summed E-state index contributed by atoms with van der Waals surface area (Å²) in [5.41, 5.74) is 0. The Morgan fingerprint density at radius 3 is 1.79 bits per heavy atom. The van der Waals surface area contributed by atoms with Crippen molar-refractivity contribution in [2.75, 3.05) is 13.1 Å². The van der Waals surface area contributed by atoms with E-state index in [1.54, 1.807) is 0 Å². The van der Waals surface area contributed by atoms with Gasteiger partial charge < -0.3 is 15.1 Å². The number of aliphatic carboxylic acids is 2. The van der Waals surface area contributed by atoms with E-state index in [0.29, 0.717) is 0 Å². The lowest BCUT2D eigenvalue weighted by Gasteiger charge is -2.28. The van der Waals surface area contributed by atoms with Crippen LogP contribution in [-0.4, -0.2) is 46.0 Å². The molecule has 108 valence electrons. The molecular formula is C13H21NO5. The fraction of sp³-hybridized carbons (Fsp3) is 0.769. The maximum absolute atomic E-state index is 12.3. The molecule has 0 aromatic rings. The molecule has 0 aliphatic heterocycles. The van der Waals surface area contributed by atoms with E-state index in [0.717, 1.165) is 32.1 Å². The fourth-order valence-corrected chi connectivity index (χ4v) is 2.40. The lowest BCUT2D eigenvalue weighted by molar-refractivity contribution is -0.141. The number of hydrogen-bond acceptors (Lipinski definition) is 3. The molecule has 19 heavy (non-hydrogen) atoms. The molecule has 0 aromatic heterocycles. The van der Waals surface area contributed by atoms with Crippen molar-refractivity contribution in [1.82, 2.24) is 4.90 Å². The van der Waals surface area contributed by atoms with Crippen molar-refractivity contribution in [3.63, 3.8) is 0 Å². The normalized spacial score (nSPS) is 16.0. The Labute approximate surface area is 112 Å². The van der Waals surface area contributed by atoms with Gasteiger partial charge in [-0.2, -0.15) is 0 Å². The summed E-state index contributed by atoms with van der Waals surface area (Å²) in [4.78, 5) is 34.8. The molecule has 0 unspecified atom stereocenters. The Morgan fingerprint density at radius 2 is 1.37 bits per heavy atom. The molecule has 0 saturated heterocycles. The van der Waals surface area contributed by atoms with Crippen molar-refractivity contribution in [3.8, 4) is 0 Å². The zero-order chi connectivity index (χ0) is 14.3. The lowest BCUT2D eigenvalue weighted by atomic mass is 9.88. The van der Waals surface area contributed by atoms with Crippen molar-refractivity contribution < 1.29 is 24.6 Å². The monoisotopic (exact) mass is 271 g/mol. The minimum atomic E-state index is -0.975. The van der Waals surface area contributed by atoms with Crippen molar-refractivity contribution >= 4 is 17.8 Å². The number of carbonyl (C=O) groups excluding carboxylic acids is 1. The van der Waals surface area contributed by atoms with Crippen LogP contribution in [0.25, 0.3) is 0 Å². The van der Waals surface area contributed by atoms with Crippen LogP contribution in [0, 0.1) is 5.92 Å². The first-order valence-electron chi connectivity index (χ1n) is 6.73. The zero-order valence-corrected chi connectivity index (χ0v) is 11.0. The van der Waals surface area contributed by atoms with E-state index in [9.17, 15) is 14.4 Å². The zero-order valence-electron chi connectivity index (χ0n) is 11.0. The SMILES string of the molecule is O=C(O)CCN(CCC(=O)O)C(=O)C1CCCCC1. The Kier molecular flexibility index (Phi) is 6.32. The predicted octanol–water partition coefficient (Wildman–Crippen LogP) is 1.34. The Bertz CT molecular complexity index is 318. The molecule has 1 fully saturated rings. The van der Waals surface area contributed by atoms with Crippen LogP contribution in [-0.2, 0) is 14.4 Å². The molecule has 1 amide bonds. The highest BCUT2D eigenvalue weighted by Gasteiger charge is 2.26. The summed E-state index contributed by atoms with van der Waals surface area (Å²) in [5, 5.41) is 17.4. The van der Waals surface area contributed by atoms with Crippen LogP contribution in [0.5, 0.6) is 0 Å². The second-order valence-electron chi connectivity index (χ2n) is 4.95. The van der Waals surface area contributed by atoms with E-state index in [1.807, 2.05) is 0 Å². The predicted molar refractivity (Wildman–Crippen MR) is 67.7 cm³/mol. The Hall–Kier alpha value is -1.59. The van der Waals surface area contributed by atoms with E-state index < -0.39 is 11.9 Å². The number of amides is 1. The van der Waals surface area contributed by atoms with E-state index in [4.69, 9.17) is 10.2 Å². The summed E-state index contributed by atoms with van der Waals surface area (Å²) in [5.74, 6) is -2.09. The average Bonchev–Trinajstić information content (AvgIpc) is 2.38. The maximum Gasteiger partial charge on any atom is 0.305 e. The summed E-state index contributed by atoms with van der Waals surface area (Å²) in [6.07, 6.45) is 4.54. The van der Waals surface area contributed by atoms with Gasteiger partial charge in [0.25, 0.3) is 0 Å². The van der Waals surface area contributed by atoms with E-state index in [-0.39, 0.29) is 37.8 Å². The molecule has 1 aliphatic rings. The molecule has 0 heterocycles. The first-order chi connectivity index (χ1) is 9.00. The minimum Gasteiger partial charge on any atom is -0.481 e. The van der Waals surface area contributed by atoms with Gasteiger partial charge in [-0.15, -0.1) is 0 Å². The van der Waals surface area contributed by atoms with Crippen molar-refractivity contribution in [1.29, 1.82) is 0 Å². The van der Waals surface area contributed by atoms with Crippen LogP contribution in [0.3, 0.4) is 0 Å². The second-order valence-corrected chi connectivity index (χ2v) is 4.95. The first kappa shape index (κ1) is 15.5. The van der Waals surface area contributed by atoms with E-state index >= 15 is 0 Å². The average molecular weight is 271 g/mol. The van der Waals surface area contributed by atoms with Crippen LogP contribution in [0.4, 0.5) is 0 Å². The van der Waals surface area contributed by atoms with Crippen LogP contribution in [0.1, 0.15) is 44.9 Å². The Balaban J connectivity index is 2.55. The number of rotatable bonds is 7. The highest BCUT2D eigenvalue weighted by molar-refractivity contribution is 5.80. The summed E-state index contributed by atoms with van der Waals surface area (Å²) >= 11 is 0. The molecular weight excluding hydrogens is 250 g/mol. The lowest BCUT2D eigenvalue weighted by Crippen LogP contribution is -2.39.